The van der Waals surface area contributed by atoms with E-state index in [9.17, 15) is 0 Å². The molecule has 21 heteroatoms. The summed E-state index contributed by atoms with van der Waals surface area (Å²) in [4.78, 5) is 31.0. The molecular weight excluding hydrogens is 821 g/mol. The molecule has 53 heavy (non-hydrogen) atoms. The molecule has 4 aromatic heterocycles. The van der Waals surface area contributed by atoms with Gasteiger partial charge in [0.1, 0.15) is 26.7 Å². The van der Waals surface area contributed by atoms with Crippen molar-refractivity contribution in [3.05, 3.63) is 95.0 Å². The van der Waals surface area contributed by atoms with E-state index in [0.717, 1.165) is 29.8 Å². The second kappa shape index (κ2) is 27.5. The van der Waals surface area contributed by atoms with Crippen LogP contribution in [-0.2, 0) is 28.6 Å². The molecule has 5 heterocycles. The SMILES string of the molecule is C=CCB1OC(C)(C)C(C)(C)O1.C=CCc1cnc(N)cn1.Nc1cnc(Br)cn1.Nc1cnc(CCO)cn1.Nc1ncc(CCO)nc1Br.[B].[H-].[Na+]. The average Bonchev–Trinajstić information content (AvgIpc) is 3.29. The minimum Gasteiger partial charge on any atom is -1.00 e. The number of aliphatic hydroxyl groups is 2. The van der Waals surface area contributed by atoms with Gasteiger partial charge in [-0.15, -0.1) is 13.2 Å². The third-order valence-corrected chi connectivity index (χ3v) is 7.64. The second-order valence-corrected chi connectivity index (χ2v) is 12.9. The minimum atomic E-state index is -0.208. The van der Waals surface area contributed by atoms with Gasteiger partial charge in [0.15, 0.2) is 5.82 Å². The van der Waals surface area contributed by atoms with Crippen molar-refractivity contribution in [1.82, 2.24) is 39.9 Å². The predicted octanol–water partition coefficient (Wildman–Crippen LogP) is 0.559. The Morgan fingerprint density at radius 2 is 1.15 bits per heavy atom. The van der Waals surface area contributed by atoms with Crippen LogP contribution in [-0.4, -0.2) is 90.0 Å². The second-order valence-electron chi connectivity index (χ2n) is 11.3. The Morgan fingerprint density at radius 3 is 1.53 bits per heavy atom. The first-order valence-electron chi connectivity index (χ1n) is 15.5. The number of aromatic nitrogens is 8. The van der Waals surface area contributed by atoms with Gasteiger partial charge in [0, 0.05) is 47.2 Å². The van der Waals surface area contributed by atoms with Crippen molar-refractivity contribution in [2.75, 3.05) is 36.1 Å². The van der Waals surface area contributed by atoms with Crippen molar-refractivity contribution in [3.63, 3.8) is 0 Å². The van der Waals surface area contributed by atoms with Gasteiger partial charge in [-0.05, 0) is 59.6 Å². The zero-order chi connectivity index (χ0) is 38.5. The summed E-state index contributed by atoms with van der Waals surface area (Å²) < 4.78 is 12.7. The normalized spacial score (nSPS) is 12.9. The van der Waals surface area contributed by atoms with Crippen LogP contribution in [0.5, 0.6) is 0 Å². The summed E-state index contributed by atoms with van der Waals surface area (Å²) in [5.74, 6) is 1.66. The molecule has 5 rings (SSSR count). The van der Waals surface area contributed by atoms with E-state index in [1.165, 1.54) is 12.4 Å². The van der Waals surface area contributed by atoms with Crippen LogP contribution >= 0.6 is 31.9 Å². The van der Waals surface area contributed by atoms with Crippen LogP contribution in [0.1, 0.15) is 46.2 Å². The van der Waals surface area contributed by atoms with Gasteiger partial charge in [0.05, 0.1) is 71.7 Å². The molecular formula is C32H48B2Br2N12NaO4. The standard InChI is InChI=1S/C9H17BO2.C7H9N3.C6H8BrN3O.C6H9N3O.C4H4BrN3.B.Na.H/c1-6-7-10-11-8(2,3)9(4,5)12-10;1-2-3-6-4-10-7(8)5-9-6;7-5-6(8)9-3-4(10-5)1-2-11;7-6-4-8-5(1-2-10)3-9-6;5-3-1-8-4(6)2-7-3;;;/h6H,1,7H2,2-5H3;2,4-5H,1,3H2,(H2,8,10);3,11H,1-2H2,(H2,8,9);3-4,10H,1-2H2,(H2,7,9);1-2H,(H2,6,8);;;/q;;;;;;+1;-1. The zero-order valence-electron chi connectivity index (χ0n) is 31.9. The first-order valence-corrected chi connectivity index (χ1v) is 17.1. The van der Waals surface area contributed by atoms with Gasteiger partial charge < -0.3 is 43.9 Å². The van der Waals surface area contributed by atoms with E-state index >= 15 is 0 Å². The maximum absolute atomic E-state index is 8.57. The molecule has 0 spiro atoms. The van der Waals surface area contributed by atoms with Crippen molar-refractivity contribution in [2.24, 2.45) is 0 Å². The molecule has 1 saturated heterocycles. The number of allylic oxidation sites excluding steroid dienone is 2. The number of nitrogens with zero attached hydrogens (tertiary/aromatic N) is 8. The fraction of sp³-hybridized carbons (Fsp3) is 0.375. The van der Waals surface area contributed by atoms with Crippen molar-refractivity contribution >= 4 is 70.7 Å². The predicted molar refractivity (Wildman–Crippen MR) is 215 cm³/mol. The number of rotatable bonds is 8. The fourth-order valence-corrected chi connectivity index (χ4v) is 3.93. The van der Waals surface area contributed by atoms with Crippen LogP contribution in [0.25, 0.3) is 0 Å². The van der Waals surface area contributed by atoms with Gasteiger partial charge in [0.25, 0.3) is 0 Å². The number of nitrogen functional groups attached to an aromatic ring is 4. The largest absolute Gasteiger partial charge is 1.00 e. The van der Waals surface area contributed by atoms with Crippen molar-refractivity contribution in [1.29, 1.82) is 0 Å². The quantitative estimate of drug-likeness (QED) is 0.104. The summed E-state index contributed by atoms with van der Waals surface area (Å²) in [6.45, 7) is 15.6. The van der Waals surface area contributed by atoms with Gasteiger partial charge in [0.2, 0.25) is 0 Å². The molecule has 10 N–H and O–H groups in total. The molecule has 1 fully saturated rings. The third kappa shape index (κ3) is 21.4. The van der Waals surface area contributed by atoms with Crippen LogP contribution < -0.4 is 52.5 Å². The van der Waals surface area contributed by atoms with Crippen molar-refractivity contribution < 1.29 is 50.5 Å². The Balaban J connectivity index is -0.000000597. The van der Waals surface area contributed by atoms with E-state index in [-0.39, 0.29) is 70.9 Å². The Labute approximate surface area is 354 Å². The summed E-state index contributed by atoms with van der Waals surface area (Å²) in [6, 6.07) is 0. The van der Waals surface area contributed by atoms with Crippen LogP contribution in [0.4, 0.5) is 23.3 Å². The summed E-state index contributed by atoms with van der Waals surface area (Å²) in [5, 5.41) is 17.1. The average molecular weight is 869 g/mol. The smallest absolute Gasteiger partial charge is 1.00 e. The molecule has 1 aliphatic heterocycles. The Bertz CT molecular complexity index is 1570. The first-order chi connectivity index (χ1) is 24.1. The monoisotopic (exact) mass is 867 g/mol. The topological polar surface area (TPSA) is 266 Å². The maximum Gasteiger partial charge on any atom is 1.00 e. The first kappa shape index (κ1) is 52.0. The molecule has 0 bridgehead atoms. The van der Waals surface area contributed by atoms with E-state index in [0.29, 0.717) is 45.3 Å². The molecule has 0 atom stereocenters. The van der Waals surface area contributed by atoms with Gasteiger partial charge in [-0.3, -0.25) is 9.97 Å². The molecule has 0 aromatic carbocycles. The van der Waals surface area contributed by atoms with Gasteiger partial charge in [-0.2, -0.15) is 0 Å². The maximum atomic E-state index is 8.57. The Kier molecular flexibility index (Phi) is 27.0. The zero-order valence-corrected chi connectivity index (χ0v) is 36.0. The van der Waals surface area contributed by atoms with Crippen LogP contribution in [0.15, 0.2) is 77.9 Å². The summed E-state index contributed by atoms with van der Waals surface area (Å²) >= 11 is 6.25. The van der Waals surface area contributed by atoms with Crippen LogP contribution in [0.3, 0.4) is 0 Å². The third-order valence-electron chi connectivity index (χ3n) is 6.65. The number of halogens is 2. The van der Waals surface area contributed by atoms with E-state index in [1.54, 1.807) is 37.1 Å². The summed E-state index contributed by atoms with van der Waals surface area (Å²) in [5.41, 5.74) is 23.2. The van der Waals surface area contributed by atoms with E-state index < -0.39 is 0 Å². The number of anilines is 4. The fourth-order valence-electron chi connectivity index (χ4n) is 3.39. The molecule has 0 amide bonds. The molecule has 0 saturated carbocycles. The summed E-state index contributed by atoms with van der Waals surface area (Å²) in [6.07, 6.45) is 17.0. The number of hydrogen-bond donors (Lipinski definition) is 6. The van der Waals surface area contributed by atoms with Gasteiger partial charge in [-0.1, -0.05) is 12.2 Å². The van der Waals surface area contributed by atoms with E-state index in [4.69, 9.17) is 42.5 Å². The number of aliphatic hydroxyl groups excluding tert-OH is 2. The van der Waals surface area contributed by atoms with Crippen molar-refractivity contribution in [3.8, 4) is 0 Å². The Morgan fingerprint density at radius 1 is 0.698 bits per heavy atom. The van der Waals surface area contributed by atoms with Crippen LogP contribution in [0, 0.1) is 0 Å². The van der Waals surface area contributed by atoms with Crippen LogP contribution in [0.2, 0.25) is 6.32 Å². The van der Waals surface area contributed by atoms with E-state index in [1.807, 2.05) is 6.08 Å². The molecule has 4 aromatic rings. The van der Waals surface area contributed by atoms with Crippen molar-refractivity contribution in [2.45, 2.75) is 64.5 Å². The molecule has 16 nitrogen and oxygen atoms in total. The number of nitrogens with two attached hydrogens (primary N) is 4. The molecule has 0 aliphatic carbocycles. The molecule has 1 aliphatic rings. The van der Waals surface area contributed by atoms with Gasteiger partial charge >= 0.3 is 36.7 Å². The Hall–Kier alpha value is -3.07. The molecule has 281 valence electrons. The minimum absolute atomic E-state index is 0. The van der Waals surface area contributed by atoms with Gasteiger partial charge in [-0.25, -0.2) is 29.9 Å². The van der Waals surface area contributed by atoms with E-state index in [2.05, 4.69) is 113 Å². The molecule has 3 radical (unpaired) electrons. The molecule has 0 unspecified atom stereocenters. The summed E-state index contributed by atoms with van der Waals surface area (Å²) in [7, 11) is -0.118. The number of hydrogen-bond acceptors (Lipinski definition) is 16.